The number of ether oxygens (including phenoxy) is 1. The van der Waals surface area contributed by atoms with E-state index < -0.39 is 11.7 Å². The molecule has 0 spiro atoms. The molecule has 4 aromatic rings. The highest BCUT2D eigenvalue weighted by molar-refractivity contribution is 7.17. The third-order valence-electron chi connectivity index (χ3n) is 5.65. The van der Waals surface area contributed by atoms with Crippen molar-refractivity contribution in [2.24, 2.45) is 0 Å². The molecule has 33 heavy (non-hydrogen) atoms. The van der Waals surface area contributed by atoms with E-state index in [0.717, 1.165) is 36.1 Å². The van der Waals surface area contributed by atoms with E-state index in [-0.39, 0.29) is 19.1 Å². The van der Waals surface area contributed by atoms with Gasteiger partial charge in [-0.05, 0) is 55.5 Å². The van der Waals surface area contributed by atoms with Crippen LogP contribution in [-0.2, 0) is 24.1 Å². The van der Waals surface area contributed by atoms with E-state index in [1.165, 1.54) is 22.1 Å². The van der Waals surface area contributed by atoms with Gasteiger partial charge in [-0.1, -0.05) is 12.1 Å². The maximum Gasteiger partial charge on any atom is 0.420 e. The second-order valence-electron chi connectivity index (χ2n) is 7.73. The largest absolute Gasteiger partial charge is 0.460 e. The van der Waals surface area contributed by atoms with E-state index >= 15 is 0 Å². The second kappa shape index (κ2) is 9.03. The molecule has 9 heteroatoms. The van der Waals surface area contributed by atoms with Gasteiger partial charge in [0.05, 0.1) is 23.2 Å². The lowest BCUT2D eigenvalue weighted by molar-refractivity contribution is 0.0490. The van der Waals surface area contributed by atoms with Crippen LogP contribution in [0.2, 0.25) is 0 Å². The lowest BCUT2D eigenvalue weighted by Crippen LogP contribution is -2.20. The summed E-state index contributed by atoms with van der Waals surface area (Å²) in [6.07, 6.45) is 6.75. The molecule has 1 N–H and O–H groups in total. The summed E-state index contributed by atoms with van der Waals surface area (Å²) in [6.45, 7) is 0.175. The van der Waals surface area contributed by atoms with Crippen molar-refractivity contribution in [2.75, 3.05) is 11.9 Å². The van der Waals surface area contributed by atoms with E-state index in [2.05, 4.69) is 10.3 Å². The quantitative estimate of drug-likeness (QED) is 0.433. The first-order valence-electron chi connectivity index (χ1n) is 10.7. The van der Waals surface area contributed by atoms with Crippen molar-refractivity contribution in [1.29, 1.82) is 0 Å². The lowest BCUT2D eigenvalue weighted by atomic mass is 9.95. The third kappa shape index (κ3) is 4.19. The Morgan fingerprint density at radius 1 is 1.15 bits per heavy atom. The Kier molecular flexibility index (Phi) is 5.78. The summed E-state index contributed by atoms with van der Waals surface area (Å²) in [6, 6.07) is 10.5. The monoisotopic (exact) mass is 463 g/mol. The summed E-state index contributed by atoms with van der Waals surface area (Å²) < 4.78 is 12.2. The number of thiophene rings is 1. The molecule has 0 radical (unpaired) electrons. The number of fused-ring (bicyclic) bond motifs is 2. The van der Waals surface area contributed by atoms with Crippen molar-refractivity contribution in [3.05, 3.63) is 80.9 Å². The van der Waals surface area contributed by atoms with Gasteiger partial charge in [-0.15, -0.1) is 11.3 Å². The van der Waals surface area contributed by atoms with Crippen LogP contribution in [0.4, 0.5) is 5.00 Å². The Labute approximate surface area is 192 Å². The second-order valence-corrected chi connectivity index (χ2v) is 8.84. The number of pyridine rings is 1. The minimum absolute atomic E-state index is 0.00286. The molecule has 0 saturated heterocycles. The fourth-order valence-corrected chi connectivity index (χ4v) is 5.34. The van der Waals surface area contributed by atoms with Crippen molar-refractivity contribution < 1.29 is 18.7 Å². The van der Waals surface area contributed by atoms with E-state index in [1.54, 1.807) is 36.5 Å². The van der Waals surface area contributed by atoms with Crippen LogP contribution < -0.4 is 11.1 Å². The molecule has 1 aliphatic rings. The van der Waals surface area contributed by atoms with E-state index in [0.29, 0.717) is 27.2 Å². The normalized spacial score (nSPS) is 13.0. The Morgan fingerprint density at radius 3 is 2.85 bits per heavy atom. The molecule has 3 heterocycles. The number of hydrogen-bond acceptors (Lipinski definition) is 7. The number of aryl methyl sites for hydroxylation is 1. The molecule has 0 saturated carbocycles. The van der Waals surface area contributed by atoms with Crippen LogP contribution in [0, 0.1) is 0 Å². The fraction of sp³-hybridized carbons (Fsp3) is 0.250. The first kappa shape index (κ1) is 21.1. The number of oxazole rings is 1. The number of benzene rings is 1. The fourth-order valence-electron chi connectivity index (χ4n) is 4.07. The van der Waals surface area contributed by atoms with Crippen LogP contribution in [0.3, 0.4) is 0 Å². The van der Waals surface area contributed by atoms with Crippen LogP contribution in [0.5, 0.6) is 0 Å². The first-order chi connectivity index (χ1) is 16.1. The summed E-state index contributed by atoms with van der Waals surface area (Å²) >= 11 is 1.43. The molecule has 168 valence electrons. The zero-order valence-corrected chi connectivity index (χ0v) is 18.5. The van der Waals surface area contributed by atoms with Gasteiger partial charge >= 0.3 is 11.7 Å². The number of nitrogens with zero attached hydrogens (tertiary/aromatic N) is 2. The number of carbonyl (C=O) groups is 2. The average molecular weight is 464 g/mol. The molecule has 1 amide bonds. The highest BCUT2D eigenvalue weighted by Gasteiger charge is 2.27. The predicted octanol–water partition coefficient (Wildman–Crippen LogP) is 4.04. The smallest absolute Gasteiger partial charge is 0.420 e. The Hall–Kier alpha value is -3.72. The van der Waals surface area contributed by atoms with Gasteiger partial charge in [0, 0.05) is 17.3 Å². The number of nitrogens with one attached hydrogen (secondary N) is 1. The molecule has 8 nitrogen and oxygen atoms in total. The topological polar surface area (TPSA) is 103 Å². The third-order valence-corrected chi connectivity index (χ3v) is 6.86. The minimum Gasteiger partial charge on any atom is -0.460 e. The molecular formula is C24H21N3O5S. The molecule has 1 aromatic carbocycles. The van der Waals surface area contributed by atoms with E-state index in [9.17, 15) is 14.4 Å². The first-order valence-corrected chi connectivity index (χ1v) is 11.5. The average Bonchev–Trinajstić information content (AvgIpc) is 3.36. The molecule has 0 fully saturated rings. The number of aromatic nitrogens is 2. The van der Waals surface area contributed by atoms with Crippen LogP contribution >= 0.6 is 11.3 Å². The van der Waals surface area contributed by atoms with E-state index in [4.69, 9.17) is 9.15 Å². The Balaban J connectivity index is 1.35. The van der Waals surface area contributed by atoms with Gasteiger partial charge in [0.1, 0.15) is 11.6 Å². The number of anilines is 1. The predicted molar refractivity (Wildman–Crippen MR) is 124 cm³/mol. The molecule has 1 aliphatic carbocycles. The Morgan fingerprint density at radius 2 is 2.00 bits per heavy atom. The summed E-state index contributed by atoms with van der Waals surface area (Å²) in [5.74, 6) is -1.33. The van der Waals surface area contributed by atoms with Crippen molar-refractivity contribution >= 4 is 39.3 Å². The SMILES string of the molecule is O=C(Nc1sc2c(c1C(=O)OCCn1c(=O)oc3ccccc31)CCCC2)c1cccnc1. The van der Waals surface area contributed by atoms with Gasteiger partial charge in [-0.2, -0.15) is 0 Å². The summed E-state index contributed by atoms with van der Waals surface area (Å²) in [5.41, 5.74) is 2.91. The van der Waals surface area contributed by atoms with Crippen LogP contribution in [-0.4, -0.2) is 28.0 Å². The summed E-state index contributed by atoms with van der Waals surface area (Å²) in [7, 11) is 0. The van der Waals surface area contributed by atoms with Gasteiger partial charge in [0.2, 0.25) is 0 Å². The van der Waals surface area contributed by atoms with Gasteiger partial charge in [-0.3, -0.25) is 14.3 Å². The summed E-state index contributed by atoms with van der Waals surface area (Å²) in [4.78, 5) is 43.0. The van der Waals surface area contributed by atoms with Crippen molar-refractivity contribution in [1.82, 2.24) is 9.55 Å². The van der Waals surface area contributed by atoms with Crippen molar-refractivity contribution in [2.45, 2.75) is 32.2 Å². The zero-order chi connectivity index (χ0) is 22.8. The Bertz CT molecular complexity index is 1390. The number of carbonyl (C=O) groups excluding carboxylic acids is 2. The molecule has 0 atom stereocenters. The minimum atomic E-state index is -0.503. The number of rotatable bonds is 6. The van der Waals surface area contributed by atoms with Gasteiger partial charge in [-0.25, -0.2) is 9.59 Å². The maximum absolute atomic E-state index is 13.1. The van der Waals surface area contributed by atoms with Crippen LogP contribution in [0.25, 0.3) is 11.1 Å². The zero-order valence-electron chi connectivity index (χ0n) is 17.7. The lowest BCUT2D eigenvalue weighted by Gasteiger charge is -2.13. The van der Waals surface area contributed by atoms with Crippen molar-refractivity contribution in [3.63, 3.8) is 0 Å². The van der Waals surface area contributed by atoms with Gasteiger partial charge < -0.3 is 14.5 Å². The van der Waals surface area contributed by atoms with Crippen LogP contribution in [0.1, 0.15) is 44.0 Å². The van der Waals surface area contributed by atoms with E-state index in [1.807, 2.05) is 6.07 Å². The number of para-hydroxylation sites is 2. The molecule has 0 aliphatic heterocycles. The summed E-state index contributed by atoms with van der Waals surface area (Å²) in [5, 5.41) is 3.36. The standard InChI is InChI=1S/C24H21N3O5S/c28-21(15-6-5-11-25-14-15)26-22-20(16-7-1-4-10-19(16)33-22)23(29)31-13-12-27-17-8-2-3-9-18(17)32-24(27)30/h2-3,5-6,8-9,11,14H,1,4,7,10,12-13H2,(H,26,28). The van der Waals surface area contributed by atoms with Gasteiger partial charge in [0.25, 0.3) is 5.91 Å². The highest BCUT2D eigenvalue weighted by Crippen LogP contribution is 2.38. The number of esters is 1. The molecule has 5 rings (SSSR count). The van der Waals surface area contributed by atoms with Gasteiger partial charge in [0.15, 0.2) is 5.58 Å². The van der Waals surface area contributed by atoms with Crippen LogP contribution in [0.15, 0.2) is 58.0 Å². The molecule has 3 aromatic heterocycles. The number of hydrogen-bond donors (Lipinski definition) is 1. The molecule has 0 bridgehead atoms. The molecular weight excluding hydrogens is 442 g/mol. The van der Waals surface area contributed by atoms with Crippen molar-refractivity contribution in [3.8, 4) is 0 Å². The number of amides is 1. The highest BCUT2D eigenvalue weighted by atomic mass is 32.1. The molecule has 0 unspecified atom stereocenters. The maximum atomic E-state index is 13.1.